The predicted molar refractivity (Wildman–Crippen MR) is 59.6 cm³/mol. The van der Waals surface area contributed by atoms with Crippen molar-refractivity contribution in [2.75, 3.05) is 14.2 Å². The first-order chi connectivity index (χ1) is 7.24. The molecule has 2 rings (SSSR count). The third-order valence-electron chi connectivity index (χ3n) is 2.38. The minimum Gasteiger partial charge on any atom is -0.497 e. The van der Waals surface area contributed by atoms with E-state index in [0.29, 0.717) is 5.88 Å². The molecule has 15 heavy (non-hydrogen) atoms. The standard InChI is InChI=1S/C12H13NO2/c1-8-6-10(14-2)7-9-4-5-11(15-3)13-12(8)9/h4-7H,1-3H3. The van der Waals surface area contributed by atoms with E-state index in [-0.39, 0.29) is 0 Å². The fourth-order valence-corrected chi connectivity index (χ4v) is 1.59. The van der Waals surface area contributed by atoms with Crippen molar-refractivity contribution in [3.63, 3.8) is 0 Å². The molecule has 0 fully saturated rings. The first-order valence-electron chi connectivity index (χ1n) is 4.74. The molecule has 0 N–H and O–H groups in total. The SMILES string of the molecule is COc1cc(C)c2nc(OC)ccc2c1. The first-order valence-corrected chi connectivity index (χ1v) is 4.74. The number of hydrogen-bond donors (Lipinski definition) is 0. The molecule has 0 radical (unpaired) electrons. The molecule has 0 spiro atoms. The monoisotopic (exact) mass is 203 g/mol. The molecule has 0 saturated heterocycles. The Morgan fingerprint density at radius 3 is 2.53 bits per heavy atom. The van der Waals surface area contributed by atoms with Crippen LogP contribution in [0.25, 0.3) is 10.9 Å². The highest BCUT2D eigenvalue weighted by molar-refractivity contribution is 5.83. The Bertz CT molecular complexity index is 494. The van der Waals surface area contributed by atoms with Gasteiger partial charge >= 0.3 is 0 Å². The summed E-state index contributed by atoms with van der Waals surface area (Å²) in [6.07, 6.45) is 0. The molecule has 0 aliphatic rings. The van der Waals surface area contributed by atoms with Crippen LogP contribution in [-0.2, 0) is 0 Å². The molecule has 1 aromatic heterocycles. The van der Waals surface area contributed by atoms with Gasteiger partial charge in [-0.25, -0.2) is 4.98 Å². The van der Waals surface area contributed by atoms with Crippen LogP contribution in [0.2, 0.25) is 0 Å². The number of aromatic nitrogens is 1. The Kier molecular flexibility index (Phi) is 2.46. The lowest BCUT2D eigenvalue weighted by molar-refractivity contribution is 0.399. The molecule has 0 saturated carbocycles. The van der Waals surface area contributed by atoms with E-state index in [2.05, 4.69) is 4.98 Å². The van der Waals surface area contributed by atoms with E-state index in [1.165, 1.54) is 0 Å². The molecule has 3 nitrogen and oxygen atoms in total. The number of hydrogen-bond acceptors (Lipinski definition) is 3. The molecule has 0 aliphatic carbocycles. The van der Waals surface area contributed by atoms with Crippen LogP contribution in [0.3, 0.4) is 0 Å². The van der Waals surface area contributed by atoms with E-state index in [1.54, 1.807) is 14.2 Å². The second kappa shape index (κ2) is 3.77. The van der Waals surface area contributed by atoms with Gasteiger partial charge in [0.25, 0.3) is 0 Å². The predicted octanol–water partition coefficient (Wildman–Crippen LogP) is 2.56. The number of nitrogens with zero attached hydrogens (tertiary/aromatic N) is 1. The smallest absolute Gasteiger partial charge is 0.213 e. The molecular weight excluding hydrogens is 190 g/mol. The fourth-order valence-electron chi connectivity index (χ4n) is 1.59. The average Bonchev–Trinajstić information content (AvgIpc) is 2.28. The van der Waals surface area contributed by atoms with Crippen molar-refractivity contribution < 1.29 is 9.47 Å². The van der Waals surface area contributed by atoms with Crippen molar-refractivity contribution in [3.05, 3.63) is 29.8 Å². The zero-order chi connectivity index (χ0) is 10.8. The molecule has 0 atom stereocenters. The summed E-state index contributed by atoms with van der Waals surface area (Å²) in [6.45, 7) is 2.01. The van der Waals surface area contributed by atoms with E-state index >= 15 is 0 Å². The molecule has 0 bridgehead atoms. The lowest BCUT2D eigenvalue weighted by Crippen LogP contribution is -1.91. The summed E-state index contributed by atoms with van der Waals surface area (Å²) in [4.78, 5) is 4.39. The van der Waals surface area contributed by atoms with E-state index in [1.807, 2.05) is 31.2 Å². The summed E-state index contributed by atoms with van der Waals surface area (Å²) in [7, 11) is 3.28. The number of methoxy groups -OCH3 is 2. The maximum Gasteiger partial charge on any atom is 0.213 e. The summed E-state index contributed by atoms with van der Waals surface area (Å²) in [5.74, 6) is 1.49. The summed E-state index contributed by atoms with van der Waals surface area (Å²) in [5.41, 5.74) is 2.04. The first kappa shape index (κ1) is 9.77. The molecular formula is C12H13NO2. The molecule has 0 aliphatic heterocycles. The highest BCUT2D eigenvalue weighted by atomic mass is 16.5. The molecule has 3 heteroatoms. The van der Waals surface area contributed by atoms with Crippen LogP contribution < -0.4 is 9.47 Å². The number of benzene rings is 1. The quantitative estimate of drug-likeness (QED) is 0.751. The second-order valence-corrected chi connectivity index (χ2v) is 3.37. The fraction of sp³-hybridized carbons (Fsp3) is 0.250. The number of rotatable bonds is 2. The lowest BCUT2D eigenvalue weighted by Gasteiger charge is -2.06. The topological polar surface area (TPSA) is 31.4 Å². The molecule has 78 valence electrons. The molecule has 0 unspecified atom stereocenters. The van der Waals surface area contributed by atoms with Crippen molar-refractivity contribution in [2.45, 2.75) is 6.92 Å². The van der Waals surface area contributed by atoms with E-state index < -0.39 is 0 Å². The van der Waals surface area contributed by atoms with Crippen LogP contribution in [-0.4, -0.2) is 19.2 Å². The van der Waals surface area contributed by atoms with Gasteiger partial charge in [-0.05, 0) is 30.7 Å². The highest BCUT2D eigenvalue weighted by Gasteiger charge is 2.03. The Balaban J connectivity index is 2.68. The van der Waals surface area contributed by atoms with E-state index in [9.17, 15) is 0 Å². The molecule has 1 aromatic carbocycles. The van der Waals surface area contributed by atoms with Crippen molar-refractivity contribution in [1.82, 2.24) is 4.98 Å². The Morgan fingerprint density at radius 1 is 1.07 bits per heavy atom. The minimum atomic E-state index is 0.635. The van der Waals surface area contributed by atoms with Gasteiger partial charge in [0, 0.05) is 11.5 Å². The van der Waals surface area contributed by atoms with Crippen LogP contribution in [0, 0.1) is 6.92 Å². The van der Waals surface area contributed by atoms with Crippen molar-refractivity contribution in [1.29, 1.82) is 0 Å². The number of ether oxygens (including phenoxy) is 2. The van der Waals surface area contributed by atoms with Crippen molar-refractivity contribution in [2.24, 2.45) is 0 Å². The zero-order valence-electron chi connectivity index (χ0n) is 9.07. The van der Waals surface area contributed by atoms with Crippen molar-refractivity contribution in [3.8, 4) is 11.6 Å². The maximum absolute atomic E-state index is 5.20. The van der Waals surface area contributed by atoms with Gasteiger partial charge in [0.05, 0.1) is 19.7 Å². The van der Waals surface area contributed by atoms with Crippen LogP contribution in [0.15, 0.2) is 24.3 Å². The average molecular weight is 203 g/mol. The summed E-state index contributed by atoms with van der Waals surface area (Å²) in [5, 5.41) is 1.06. The molecule has 2 aromatic rings. The van der Waals surface area contributed by atoms with Gasteiger partial charge in [0.15, 0.2) is 0 Å². The lowest BCUT2D eigenvalue weighted by atomic mass is 10.1. The van der Waals surface area contributed by atoms with Crippen LogP contribution in [0.1, 0.15) is 5.56 Å². The third kappa shape index (κ3) is 1.73. The molecule has 1 heterocycles. The van der Waals surface area contributed by atoms with Gasteiger partial charge < -0.3 is 9.47 Å². The zero-order valence-corrected chi connectivity index (χ0v) is 9.07. The second-order valence-electron chi connectivity index (χ2n) is 3.37. The van der Waals surface area contributed by atoms with Gasteiger partial charge in [0.2, 0.25) is 5.88 Å². The Labute approximate surface area is 88.7 Å². The third-order valence-corrected chi connectivity index (χ3v) is 2.38. The van der Waals surface area contributed by atoms with Crippen LogP contribution >= 0.6 is 0 Å². The number of pyridine rings is 1. The minimum absolute atomic E-state index is 0.635. The Morgan fingerprint density at radius 2 is 1.87 bits per heavy atom. The van der Waals surface area contributed by atoms with Crippen LogP contribution in [0.4, 0.5) is 0 Å². The van der Waals surface area contributed by atoms with E-state index in [4.69, 9.17) is 9.47 Å². The summed E-state index contributed by atoms with van der Waals surface area (Å²) < 4.78 is 10.3. The largest absolute Gasteiger partial charge is 0.497 e. The number of fused-ring (bicyclic) bond motifs is 1. The van der Waals surface area contributed by atoms with Gasteiger partial charge in [-0.3, -0.25) is 0 Å². The van der Waals surface area contributed by atoms with Gasteiger partial charge in [-0.1, -0.05) is 0 Å². The highest BCUT2D eigenvalue weighted by Crippen LogP contribution is 2.25. The van der Waals surface area contributed by atoms with Gasteiger partial charge in [-0.2, -0.15) is 0 Å². The molecule has 0 amide bonds. The number of aryl methyl sites for hydroxylation is 1. The van der Waals surface area contributed by atoms with Gasteiger partial charge in [-0.15, -0.1) is 0 Å². The van der Waals surface area contributed by atoms with Crippen LogP contribution in [0.5, 0.6) is 11.6 Å². The summed E-state index contributed by atoms with van der Waals surface area (Å²) >= 11 is 0. The van der Waals surface area contributed by atoms with E-state index in [0.717, 1.165) is 22.2 Å². The Hall–Kier alpha value is -1.77. The van der Waals surface area contributed by atoms with Crippen molar-refractivity contribution >= 4 is 10.9 Å². The maximum atomic E-state index is 5.20. The summed E-state index contributed by atoms with van der Waals surface area (Å²) in [6, 6.07) is 7.77. The van der Waals surface area contributed by atoms with Gasteiger partial charge in [0.1, 0.15) is 5.75 Å². The normalized spacial score (nSPS) is 10.3.